The molecule has 2 amide bonds. The molecule has 0 unspecified atom stereocenters. The van der Waals surface area contributed by atoms with Gasteiger partial charge in [-0.25, -0.2) is 0 Å². The number of aliphatic carboxylic acids is 1. The van der Waals surface area contributed by atoms with Crippen LogP contribution in [0, 0.1) is 0 Å². The van der Waals surface area contributed by atoms with Gasteiger partial charge in [-0.1, -0.05) is 24.0 Å². The van der Waals surface area contributed by atoms with Gasteiger partial charge in [-0.3, -0.25) is 19.3 Å². The number of nitrogens with zero attached hydrogens (tertiary/aromatic N) is 2. The quantitative estimate of drug-likeness (QED) is 0.390. The Balaban J connectivity index is 1.73. The lowest BCUT2D eigenvalue weighted by Crippen LogP contribution is -2.43. The van der Waals surface area contributed by atoms with E-state index in [-0.39, 0.29) is 31.4 Å². The van der Waals surface area contributed by atoms with Crippen molar-refractivity contribution in [3.63, 3.8) is 0 Å². The summed E-state index contributed by atoms with van der Waals surface area (Å²) in [7, 11) is 1.48. The Morgan fingerprint density at radius 2 is 2.06 bits per heavy atom. The molecule has 1 aromatic carbocycles. The highest BCUT2D eigenvalue weighted by molar-refractivity contribution is 9.10. The molecule has 2 heterocycles. The van der Waals surface area contributed by atoms with Gasteiger partial charge in [0.05, 0.1) is 36.1 Å². The molecule has 0 aromatic heterocycles. The molecule has 0 radical (unpaired) electrons. The predicted molar refractivity (Wildman–Crippen MR) is 126 cm³/mol. The minimum absolute atomic E-state index is 0.0221. The zero-order chi connectivity index (χ0) is 23.3. The van der Waals surface area contributed by atoms with Crippen LogP contribution in [-0.2, 0) is 19.1 Å². The Bertz CT molecular complexity index is 964. The minimum Gasteiger partial charge on any atom is -0.493 e. The summed E-state index contributed by atoms with van der Waals surface area (Å²) in [5.74, 6) is -0.717. The van der Waals surface area contributed by atoms with Crippen molar-refractivity contribution in [2.45, 2.75) is 6.42 Å². The van der Waals surface area contributed by atoms with Crippen molar-refractivity contribution < 1.29 is 33.7 Å². The number of amides is 2. The maximum absolute atomic E-state index is 12.6. The third-order valence-corrected chi connectivity index (χ3v) is 6.64. The van der Waals surface area contributed by atoms with Gasteiger partial charge in [-0.15, -0.1) is 0 Å². The number of carboxylic acid groups (broad SMARTS) is 1. The van der Waals surface area contributed by atoms with Gasteiger partial charge < -0.3 is 24.2 Å². The molecule has 172 valence electrons. The van der Waals surface area contributed by atoms with Crippen LogP contribution in [0.3, 0.4) is 0 Å². The Morgan fingerprint density at radius 1 is 1.34 bits per heavy atom. The number of hydrogen-bond acceptors (Lipinski definition) is 8. The lowest BCUT2D eigenvalue weighted by Gasteiger charge is -2.27. The number of rotatable bonds is 8. The van der Waals surface area contributed by atoms with Gasteiger partial charge in [-0.05, 0) is 39.7 Å². The smallest absolute Gasteiger partial charge is 0.305 e. The Hall–Kier alpha value is -2.15. The van der Waals surface area contributed by atoms with Gasteiger partial charge in [0, 0.05) is 19.6 Å². The van der Waals surface area contributed by atoms with Crippen LogP contribution in [0.1, 0.15) is 12.0 Å². The Morgan fingerprint density at radius 3 is 2.72 bits per heavy atom. The van der Waals surface area contributed by atoms with E-state index in [0.29, 0.717) is 57.1 Å². The van der Waals surface area contributed by atoms with Crippen molar-refractivity contribution in [1.82, 2.24) is 9.80 Å². The number of carbonyl (C=O) groups is 3. The number of benzene rings is 1. The third-order valence-electron chi connectivity index (χ3n) is 4.68. The summed E-state index contributed by atoms with van der Waals surface area (Å²) in [5, 5.41) is 8.85. The first kappa shape index (κ1) is 24.5. The van der Waals surface area contributed by atoms with Gasteiger partial charge >= 0.3 is 5.97 Å². The summed E-state index contributed by atoms with van der Waals surface area (Å²) < 4.78 is 17.3. The van der Waals surface area contributed by atoms with E-state index in [0.717, 1.165) is 11.8 Å². The van der Waals surface area contributed by atoms with Gasteiger partial charge in [-0.2, -0.15) is 0 Å². The zero-order valence-corrected chi connectivity index (χ0v) is 20.4. The maximum atomic E-state index is 12.6. The molecular formula is C20H21BrN2O7S2. The summed E-state index contributed by atoms with van der Waals surface area (Å²) in [6.07, 6.45) is 1.46. The van der Waals surface area contributed by atoms with Crippen LogP contribution >= 0.6 is 39.9 Å². The van der Waals surface area contributed by atoms with Gasteiger partial charge in [0.2, 0.25) is 0 Å². The molecule has 1 N–H and O–H groups in total. The molecule has 1 aromatic rings. The number of halogens is 1. The van der Waals surface area contributed by atoms with Crippen LogP contribution in [0.4, 0.5) is 0 Å². The fourth-order valence-electron chi connectivity index (χ4n) is 3.05. The first-order valence-electron chi connectivity index (χ1n) is 9.63. The second-order valence-electron chi connectivity index (χ2n) is 6.79. The fourth-order valence-corrected chi connectivity index (χ4v) is 4.94. The van der Waals surface area contributed by atoms with Crippen molar-refractivity contribution in [2.24, 2.45) is 0 Å². The third kappa shape index (κ3) is 6.00. The van der Waals surface area contributed by atoms with E-state index in [9.17, 15) is 14.4 Å². The van der Waals surface area contributed by atoms with E-state index in [1.807, 2.05) is 0 Å². The summed E-state index contributed by atoms with van der Waals surface area (Å²) >= 11 is 9.76. The number of thiocarbonyl (C=S) groups is 1. The number of thioether (sulfide) groups is 1. The van der Waals surface area contributed by atoms with Crippen LogP contribution in [0.15, 0.2) is 21.5 Å². The number of morpholine rings is 1. The average Bonchev–Trinajstić information content (AvgIpc) is 3.03. The molecule has 9 nitrogen and oxygen atoms in total. The van der Waals surface area contributed by atoms with E-state index >= 15 is 0 Å². The van der Waals surface area contributed by atoms with Crippen LogP contribution in [0.5, 0.6) is 11.5 Å². The molecule has 2 fully saturated rings. The highest BCUT2D eigenvalue weighted by atomic mass is 79.9. The van der Waals surface area contributed by atoms with Crippen molar-refractivity contribution in [3.8, 4) is 11.5 Å². The Kier molecular flexibility index (Phi) is 8.51. The summed E-state index contributed by atoms with van der Waals surface area (Å²) in [5.41, 5.74) is 0.652. The van der Waals surface area contributed by atoms with Crippen molar-refractivity contribution in [1.29, 1.82) is 0 Å². The molecule has 2 aliphatic rings. The maximum Gasteiger partial charge on any atom is 0.305 e. The second kappa shape index (κ2) is 11.1. The van der Waals surface area contributed by atoms with Crippen molar-refractivity contribution in [2.75, 3.05) is 46.6 Å². The van der Waals surface area contributed by atoms with Crippen molar-refractivity contribution >= 4 is 68.1 Å². The number of methoxy groups -OCH3 is 1. The summed E-state index contributed by atoms with van der Waals surface area (Å²) in [4.78, 5) is 39.1. The first-order chi connectivity index (χ1) is 15.3. The monoisotopic (exact) mass is 544 g/mol. The van der Waals surface area contributed by atoms with Crippen molar-refractivity contribution in [3.05, 3.63) is 27.1 Å². The molecule has 0 atom stereocenters. The highest BCUT2D eigenvalue weighted by Gasteiger charge is 2.32. The molecule has 3 rings (SSSR count). The van der Waals surface area contributed by atoms with Crippen LogP contribution in [0.2, 0.25) is 0 Å². The number of ether oxygens (including phenoxy) is 3. The molecule has 0 spiro atoms. The van der Waals surface area contributed by atoms with E-state index in [1.165, 1.54) is 12.0 Å². The van der Waals surface area contributed by atoms with Gasteiger partial charge in [0.1, 0.15) is 4.32 Å². The van der Waals surface area contributed by atoms with Crippen LogP contribution in [-0.4, -0.2) is 83.6 Å². The van der Waals surface area contributed by atoms with E-state index < -0.39 is 5.97 Å². The molecule has 2 aliphatic heterocycles. The van der Waals surface area contributed by atoms with Gasteiger partial charge in [0.25, 0.3) is 11.8 Å². The van der Waals surface area contributed by atoms with Crippen LogP contribution in [0.25, 0.3) is 6.08 Å². The molecule has 0 bridgehead atoms. The predicted octanol–water partition coefficient (Wildman–Crippen LogP) is 2.37. The van der Waals surface area contributed by atoms with E-state index in [4.69, 9.17) is 31.5 Å². The zero-order valence-electron chi connectivity index (χ0n) is 17.2. The summed E-state index contributed by atoms with van der Waals surface area (Å²) in [6, 6.07) is 3.42. The average molecular weight is 545 g/mol. The molecule has 0 saturated carbocycles. The SMILES string of the molecule is COc1cc(/C=C2/SC(=S)N(CCC(=O)O)C2=O)cc(Br)c1OCC(=O)N1CCOCC1. The molecule has 32 heavy (non-hydrogen) atoms. The molecule has 0 aliphatic carbocycles. The molecular weight excluding hydrogens is 524 g/mol. The van der Waals surface area contributed by atoms with E-state index in [2.05, 4.69) is 15.9 Å². The lowest BCUT2D eigenvalue weighted by atomic mass is 10.2. The van der Waals surface area contributed by atoms with E-state index in [1.54, 1.807) is 23.1 Å². The van der Waals surface area contributed by atoms with Gasteiger partial charge in [0.15, 0.2) is 18.1 Å². The highest BCUT2D eigenvalue weighted by Crippen LogP contribution is 2.39. The second-order valence-corrected chi connectivity index (χ2v) is 9.32. The molecule has 12 heteroatoms. The summed E-state index contributed by atoms with van der Waals surface area (Å²) in [6.45, 7) is 1.96. The number of hydrogen-bond donors (Lipinski definition) is 1. The Labute approximate surface area is 202 Å². The topological polar surface area (TPSA) is 106 Å². The fraction of sp³-hybridized carbons (Fsp3) is 0.400. The lowest BCUT2D eigenvalue weighted by molar-refractivity contribution is -0.138. The normalized spacial score (nSPS) is 17.8. The number of carbonyl (C=O) groups excluding carboxylic acids is 2. The standard InChI is InChI=1S/C20H21BrN2O7S2/c1-28-14-9-12(10-15-19(27)23(20(31)32-15)3-2-17(25)26)8-13(21)18(14)30-11-16(24)22-4-6-29-7-5-22/h8-10H,2-7,11H2,1H3,(H,25,26)/b15-10+. The van der Waals surface area contributed by atoms with Crippen LogP contribution < -0.4 is 9.47 Å². The number of carboxylic acids is 1. The first-order valence-corrected chi connectivity index (χ1v) is 11.6. The minimum atomic E-state index is -1.00. The largest absolute Gasteiger partial charge is 0.493 e. The molecule has 2 saturated heterocycles.